The van der Waals surface area contributed by atoms with E-state index in [1.807, 2.05) is 0 Å². The first-order valence-electron chi connectivity index (χ1n) is 10.9. The number of hydrogen-bond acceptors (Lipinski definition) is 6. The highest BCUT2D eigenvalue weighted by Gasteiger charge is 2.38. The fraction of sp³-hybridized carbons (Fsp3) is 0.478. The van der Waals surface area contributed by atoms with Gasteiger partial charge in [0.15, 0.2) is 0 Å². The summed E-state index contributed by atoms with van der Waals surface area (Å²) in [5.41, 5.74) is -2.17. The summed E-state index contributed by atoms with van der Waals surface area (Å²) in [5.74, 6) is -0.531. The molecular weight excluding hydrogens is 514 g/mol. The zero-order valence-corrected chi connectivity index (χ0v) is 20.4. The molecule has 198 valence electrons. The van der Waals surface area contributed by atoms with Crippen molar-refractivity contribution in [2.75, 3.05) is 11.6 Å². The third-order valence-corrected chi connectivity index (χ3v) is 6.18. The van der Waals surface area contributed by atoms with Gasteiger partial charge in [0.05, 0.1) is 35.5 Å². The Morgan fingerprint density at radius 3 is 2.22 bits per heavy atom. The molecule has 0 spiro atoms. The van der Waals surface area contributed by atoms with E-state index in [0.29, 0.717) is 36.2 Å². The maximum absolute atomic E-state index is 13.3. The number of benzene rings is 1. The van der Waals surface area contributed by atoms with Gasteiger partial charge in [-0.25, -0.2) is 9.86 Å². The van der Waals surface area contributed by atoms with Gasteiger partial charge in [0.1, 0.15) is 0 Å². The number of ether oxygens (including phenoxy) is 1. The molecule has 0 radical (unpaired) electrons. The molecule has 1 unspecified atom stereocenters. The quantitative estimate of drug-likeness (QED) is 0.305. The third kappa shape index (κ3) is 6.62. The van der Waals surface area contributed by atoms with Crippen molar-refractivity contribution in [2.45, 2.75) is 64.7 Å². The summed E-state index contributed by atoms with van der Waals surface area (Å²) in [6, 6.07) is 0.624. The number of fused-ring (bicyclic) bond motifs is 1. The molecule has 36 heavy (non-hydrogen) atoms. The van der Waals surface area contributed by atoms with Crippen LogP contribution in [0.2, 0.25) is 0 Å². The normalized spacial score (nSPS) is 16.4. The molecule has 0 saturated carbocycles. The molecule has 1 aromatic carbocycles. The van der Waals surface area contributed by atoms with Crippen LogP contribution in [0.5, 0.6) is 0 Å². The van der Waals surface area contributed by atoms with Crippen LogP contribution >= 0.6 is 11.3 Å². The lowest BCUT2D eigenvalue weighted by Gasteiger charge is -2.31. The molecule has 0 aliphatic carbocycles. The van der Waals surface area contributed by atoms with Gasteiger partial charge in [-0.3, -0.25) is 4.79 Å². The highest BCUT2D eigenvalue weighted by molar-refractivity contribution is 7.08. The number of carbonyl (C=O) groups is 2. The van der Waals surface area contributed by atoms with Crippen LogP contribution in [0, 0.1) is 0 Å². The predicted octanol–water partition coefficient (Wildman–Crippen LogP) is 6.95. The minimum Gasteiger partial charge on any atom is -0.430 e. The van der Waals surface area contributed by atoms with Gasteiger partial charge >= 0.3 is 18.5 Å². The summed E-state index contributed by atoms with van der Waals surface area (Å²) in [4.78, 5) is 31.2. The van der Waals surface area contributed by atoms with E-state index in [1.54, 1.807) is 24.6 Å². The zero-order chi connectivity index (χ0) is 26.8. The van der Waals surface area contributed by atoms with Crippen LogP contribution in [0.3, 0.4) is 0 Å². The Labute approximate surface area is 207 Å². The Hall–Kier alpha value is -2.96. The highest BCUT2D eigenvalue weighted by atomic mass is 32.1. The van der Waals surface area contributed by atoms with Crippen LogP contribution in [0.4, 0.5) is 36.8 Å². The van der Waals surface area contributed by atoms with Crippen molar-refractivity contribution >= 4 is 29.1 Å². The molecule has 0 bridgehead atoms. The average molecular weight is 539 g/mol. The molecule has 1 amide bonds. The van der Waals surface area contributed by atoms with Crippen LogP contribution < -0.4 is 5.06 Å². The smallest absolute Gasteiger partial charge is 0.430 e. The van der Waals surface area contributed by atoms with Crippen LogP contribution in [0.25, 0.3) is 0 Å². The third-order valence-electron chi connectivity index (χ3n) is 5.43. The van der Waals surface area contributed by atoms with Crippen LogP contribution in [-0.2, 0) is 33.3 Å². The topological polar surface area (TPSA) is 59.1 Å². The summed E-state index contributed by atoms with van der Waals surface area (Å²) in [5, 5.41) is 4.71. The van der Waals surface area contributed by atoms with Crippen molar-refractivity contribution in [3.63, 3.8) is 0 Å². The van der Waals surface area contributed by atoms with E-state index in [4.69, 9.17) is 9.57 Å². The molecule has 2 heterocycles. The highest BCUT2D eigenvalue weighted by Crippen LogP contribution is 2.41. The molecule has 13 heteroatoms. The van der Waals surface area contributed by atoms with Gasteiger partial charge in [-0.05, 0) is 55.8 Å². The summed E-state index contributed by atoms with van der Waals surface area (Å²) >= 11 is 1.25. The number of hydroxylamine groups is 1. The van der Waals surface area contributed by atoms with E-state index in [2.05, 4.69) is 0 Å². The summed E-state index contributed by atoms with van der Waals surface area (Å²) in [7, 11) is 0. The number of amides is 1. The molecule has 1 atom stereocenters. The summed E-state index contributed by atoms with van der Waals surface area (Å²) in [6.07, 6.45) is -10.6. The van der Waals surface area contributed by atoms with Gasteiger partial charge in [0.25, 0.3) is 0 Å². The molecule has 0 saturated heterocycles. The zero-order valence-electron chi connectivity index (χ0n) is 19.6. The van der Waals surface area contributed by atoms with E-state index in [9.17, 15) is 35.9 Å². The number of carbonyl (C=O) groups excluding carboxylic acids is 2. The number of nitrogens with zero attached hydrogens (tertiary/aromatic N) is 2. The largest absolute Gasteiger partial charge is 0.533 e. The van der Waals surface area contributed by atoms with Crippen molar-refractivity contribution in [3.05, 3.63) is 51.2 Å². The number of rotatable bonds is 5. The first-order valence-corrected chi connectivity index (χ1v) is 11.9. The van der Waals surface area contributed by atoms with E-state index in [-0.39, 0.29) is 18.2 Å². The van der Waals surface area contributed by atoms with Crippen LogP contribution in [-0.4, -0.2) is 29.6 Å². The predicted molar refractivity (Wildman–Crippen MR) is 119 cm³/mol. The molecule has 0 fully saturated rings. The second-order valence-corrected chi connectivity index (χ2v) is 9.29. The molecular formula is C23H24F6N2O4S. The van der Waals surface area contributed by atoms with E-state index >= 15 is 0 Å². The van der Waals surface area contributed by atoms with Gasteiger partial charge in [0, 0.05) is 24.4 Å². The minimum atomic E-state index is -5.00. The van der Waals surface area contributed by atoms with Crippen molar-refractivity contribution in [1.82, 2.24) is 4.90 Å². The average Bonchev–Trinajstić information content (AvgIpc) is 3.16. The summed E-state index contributed by atoms with van der Waals surface area (Å²) < 4.78 is 84.9. The fourth-order valence-electron chi connectivity index (χ4n) is 3.93. The minimum absolute atomic E-state index is 0.0513. The molecule has 1 aliphatic heterocycles. The number of anilines is 1. The Bertz CT molecular complexity index is 1070. The van der Waals surface area contributed by atoms with Crippen molar-refractivity contribution in [3.8, 4) is 0 Å². The van der Waals surface area contributed by atoms with Crippen molar-refractivity contribution < 1.29 is 45.5 Å². The molecule has 2 aromatic rings. The molecule has 1 aromatic heterocycles. The number of alkyl halides is 6. The van der Waals surface area contributed by atoms with E-state index in [1.165, 1.54) is 28.2 Å². The molecule has 3 rings (SSSR count). The maximum Gasteiger partial charge on any atom is 0.533 e. The number of hydrogen-bond donors (Lipinski definition) is 0. The second kappa shape index (κ2) is 10.6. The summed E-state index contributed by atoms with van der Waals surface area (Å²) in [6.45, 7) is 4.28. The number of thiophene rings is 1. The van der Waals surface area contributed by atoms with Crippen molar-refractivity contribution in [2.24, 2.45) is 0 Å². The second-order valence-electron chi connectivity index (χ2n) is 8.54. The molecule has 0 N–H and O–H groups in total. The van der Waals surface area contributed by atoms with Gasteiger partial charge < -0.3 is 14.5 Å². The SMILES string of the molecule is CC(=O)N(Cc1cc(C(F)(F)F)cc(C(F)(F)F)c1)C1CCCN(OC(=O)OC(C)C)c2cscc21. The van der Waals surface area contributed by atoms with Crippen LogP contribution in [0.1, 0.15) is 61.9 Å². The lowest BCUT2D eigenvalue weighted by molar-refractivity contribution is -0.143. The first-order chi connectivity index (χ1) is 16.7. The first kappa shape index (κ1) is 27.6. The van der Waals surface area contributed by atoms with E-state index in [0.717, 1.165) is 0 Å². The van der Waals surface area contributed by atoms with Gasteiger partial charge in [-0.2, -0.15) is 26.3 Å². The van der Waals surface area contributed by atoms with Crippen molar-refractivity contribution in [1.29, 1.82) is 0 Å². The Morgan fingerprint density at radius 2 is 1.69 bits per heavy atom. The van der Waals surface area contributed by atoms with Gasteiger partial charge in [-0.15, -0.1) is 11.3 Å². The maximum atomic E-state index is 13.3. The molecule has 1 aliphatic rings. The molecule has 6 nitrogen and oxygen atoms in total. The Kier molecular flexibility index (Phi) is 8.11. The fourth-order valence-corrected chi connectivity index (χ4v) is 4.80. The lowest BCUT2D eigenvalue weighted by Crippen LogP contribution is -2.33. The number of halogens is 6. The standard InChI is InChI=1S/C23H24F6N2O4S/c1-13(2)34-21(33)35-31-6-4-5-19(18-11-36-12-20(18)31)30(14(3)32)10-15-7-16(22(24,25)26)9-17(8-15)23(27,28)29/h7-9,11-13,19H,4-6,10H2,1-3H3. The van der Waals surface area contributed by atoms with E-state index < -0.39 is 54.2 Å². The van der Waals surface area contributed by atoms with Crippen LogP contribution in [0.15, 0.2) is 29.0 Å². The Morgan fingerprint density at radius 1 is 1.08 bits per heavy atom. The Balaban J connectivity index is 1.95. The monoisotopic (exact) mass is 538 g/mol. The van der Waals surface area contributed by atoms with Gasteiger partial charge in [-0.1, -0.05) is 0 Å². The lowest BCUT2D eigenvalue weighted by atomic mass is 10.0. The van der Waals surface area contributed by atoms with Gasteiger partial charge in [0.2, 0.25) is 5.91 Å².